The molecular weight excluding hydrogens is 346 g/mol. The Bertz CT molecular complexity index is 681. The van der Waals surface area contributed by atoms with Crippen molar-refractivity contribution in [1.29, 1.82) is 0 Å². The number of aliphatic carboxylic acids is 1. The van der Waals surface area contributed by atoms with Crippen molar-refractivity contribution in [3.05, 3.63) is 46.2 Å². The van der Waals surface area contributed by atoms with Gasteiger partial charge in [0.1, 0.15) is 6.04 Å². The molecule has 2 heterocycles. The molecule has 1 N–H and O–H groups in total. The summed E-state index contributed by atoms with van der Waals surface area (Å²) in [6.07, 6.45) is 3.67. The van der Waals surface area contributed by atoms with Gasteiger partial charge in [-0.3, -0.25) is 9.69 Å². The number of carbonyl (C=O) groups is 1. The quantitative estimate of drug-likeness (QED) is 0.906. The van der Waals surface area contributed by atoms with Crippen LogP contribution in [0.2, 0.25) is 0 Å². The normalized spacial score (nSPS) is 18.7. The first-order valence-electron chi connectivity index (χ1n) is 7.32. The lowest BCUT2D eigenvalue weighted by Gasteiger charge is -2.20. The van der Waals surface area contributed by atoms with E-state index in [9.17, 15) is 9.90 Å². The van der Waals surface area contributed by atoms with Crippen LogP contribution in [0.15, 0.2) is 34.9 Å². The molecule has 1 atom stereocenters. The van der Waals surface area contributed by atoms with Gasteiger partial charge in [-0.1, -0.05) is 15.9 Å². The van der Waals surface area contributed by atoms with Crippen molar-refractivity contribution in [3.63, 3.8) is 0 Å². The summed E-state index contributed by atoms with van der Waals surface area (Å²) in [5.41, 5.74) is 3.02. The summed E-state index contributed by atoms with van der Waals surface area (Å²) < 4.78 is 2.88. The molecule has 1 saturated heterocycles. The lowest BCUT2D eigenvalue weighted by molar-refractivity contribution is -0.142. The van der Waals surface area contributed by atoms with Crippen LogP contribution in [0.5, 0.6) is 0 Å². The molecule has 2 aromatic rings. The number of hydrogen-bond acceptors (Lipinski definition) is 3. The monoisotopic (exact) mass is 363 g/mol. The van der Waals surface area contributed by atoms with E-state index >= 15 is 0 Å². The Kier molecular flexibility index (Phi) is 4.31. The maximum Gasteiger partial charge on any atom is 0.320 e. The van der Waals surface area contributed by atoms with Crippen LogP contribution in [0.3, 0.4) is 0 Å². The molecule has 0 bridgehead atoms. The minimum Gasteiger partial charge on any atom is -0.480 e. The lowest BCUT2D eigenvalue weighted by atomic mass is 10.2. The fourth-order valence-electron chi connectivity index (χ4n) is 2.89. The number of benzene rings is 1. The van der Waals surface area contributed by atoms with Gasteiger partial charge in [0.05, 0.1) is 11.4 Å². The van der Waals surface area contributed by atoms with Gasteiger partial charge in [0.25, 0.3) is 0 Å². The third-order valence-corrected chi connectivity index (χ3v) is 4.64. The molecule has 0 unspecified atom stereocenters. The van der Waals surface area contributed by atoms with Gasteiger partial charge in [0.15, 0.2) is 0 Å². The standard InChI is InChI=1S/C16H18BrN3O2/c1-11-12(9-19-8-2-3-15(19)16(21)22)10-20(18-11)14-6-4-13(17)5-7-14/h4-7,10,15H,2-3,8-9H2,1H3,(H,21,22)/t15-/m0/s1. The summed E-state index contributed by atoms with van der Waals surface area (Å²) in [7, 11) is 0. The SMILES string of the molecule is Cc1nn(-c2ccc(Br)cc2)cc1CN1CCC[C@H]1C(=O)O. The van der Waals surface area contributed by atoms with E-state index in [1.165, 1.54) is 0 Å². The minimum atomic E-state index is -0.726. The van der Waals surface area contributed by atoms with Crippen molar-refractivity contribution in [3.8, 4) is 5.69 Å². The number of nitrogens with zero attached hydrogens (tertiary/aromatic N) is 3. The summed E-state index contributed by atoms with van der Waals surface area (Å²) in [5.74, 6) is -0.726. The van der Waals surface area contributed by atoms with Crippen LogP contribution >= 0.6 is 15.9 Å². The molecule has 3 rings (SSSR count). The lowest BCUT2D eigenvalue weighted by Crippen LogP contribution is -2.35. The highest BCUT2D eigenvalue weighted by molar-refractivity contribution is 9.10. The molecule has 22 heavy (non-hydrogen) atoms. The Labute approximate surface area is 137 Å². The van der Waals surface area contributed by atoms with Gasteiger partial charge in [-0.2, -0.15) is 5.10 Å². The van der Waals surface area contributed by atoms with E-state index in [0.717, 1.165) is 40.8 Å². The smallest absolute Gasteiger partial charge is 0.320 e. The predicted molar refractivity (Wildman–Crippen MR) is 87.1 cm³/mol. The zero-order valence-corrected chi connectivity index (χ0v) is 14.0. The van der Waals surface area contributed by atoms with Gasteiger partial charge >= 0.3 is 5.97 Å². The number of carboxylic acid groups (broad SMARTS) is 1. The van der Waals surface area contributed by atoms with E-state index in [4.69, 9.17) is 0 Å². The number of likely N-dealkylation sites (tertiary alicyclic amines) is 1. The molecule has 5 nitrogen and oxygen atoms in total. The fourth-order valence-corrected chi connectivity index (χ4v) is 3.16. The molecule has 0 saturated carbocycles. The Balaban J connectivity index is 1.80. The Hall–Kier alpha value is -1.66. The van der Waals surface area contributed by atoms with Gasteiger partial charge in [0, 0.05) is 22.8 Å². The number of rotatable bonds is 4. The summed E-state index contributed by atoms with van der Waals surface area (Å²) in [6, 6.07) is 7.59. The first-order chi connectivity index (χ1) is 10.5. The molecule has 6 heteroatoms. The molecule has 0 radical (unpaired) electrons. The first kappa shape index (κ1) is 15.2. The second-order valence-electron chi connectivity index (χ2n) is 5.63. The molecule has 0 amide bonds. The van der Waals surface area contributed by atoms with E-state index in [2.05, 4.69) is 21.0 Å². The minimum absolute atomic E-state index is 0.365. The molecule has 1 aromatic carbocycles. The molecule has 0 spiro atoms. The van der Waals surface area contributed by atoms with Gasteiger partial charge in [-0.15, -0.1) is 0 Å². The molecule has 1 aromatic heterocycles. The highest BCUT2D eigenvalue weighted by Crippen LogP contribution is 2.22. The second kappa shape index (κ2) is 6.22. The van der Waals surface area contributed by atoms with Crippen LogP contribution in [0.4, 0.5) is 0 Å². The summed E-state index contributed by atoms with van der Waals surface area (Å²) in [6.45, 7) is 3.44. The van der Waals surface area contributed by atoms with Gasteiger partial charge < -0.3 is 5.11 Å². The van der Waals surface area contributed by atoms with Gasteiger partial charge in [-0.25, -0.2) is 4.68 Å². The van der Waals surface area contributed by atoms with E-state index in [0.29, 0.717) is 6.54 Å². The second-order valence-corrected chi connectivity index (χ2v) is 6.54. The highest BCUT2D eigenvalue weighted by Gasteiger charge is 2.30. The number of hydrogen-bond donors (Lipinski definition) is 1. The van der Waals surface area contributed by atoms with Gasteiger partial charge in [0.2, 0.25) is 0 Å². The Morgan fingerprint density at radius 1 is 1.41 bits per heavy atom. The number of carboxylic acids is 1. The number of aromatic nitrogens is 2. The predicted octanol–water partition coefficient (Wildman–Crippen LogP) is 2.99. The summed E-state index contributed by atoms with van der Waals surface area (Å²) >= 11 is 3.42. The largest absolute Gasteiger partial charge is 0.480 e. The van der Waals surface area contributed by atoms with Crippen LogP contribution < -0.4 is 0 Å². The van der Waals surface area contributed by atoms with Gasteiger partial charge in [-0.05, 0) is 50.6 Å². The highest BCUT2D eigenvalue weighted by atomic mass is 79.9. The number of aryl methyl sites for hydroxylation is 1. The van der Waals surface area contributed by atoms with Crippen molar-refractivity contribution in [1.82, 2.24) is 14.7 Å². The maximum atomic E-state index is 11.3. The summed E-state index contributed by atoms with van der Waals surface area (Å²) in [4.78, 5) is 13.3. The molecule has 1 aliphatic heterocycles. The zero-order chi connectivity index (χ0) is 15.7. The van der Waals surface area contributed by atoms with Crippen molar-refractivity contribution >= 4 is 21.9 Å². The third-order valence-electron chi connectivity index (χ3n) is 4.11. The fraction of sp³-hybridized carbons (Fsp3) is 0.375. The van der Waals surface area contributed by atoms with Crippen LogP contribution in [-0.4, -0.2) is 38.3 Å². The average molecular weight is 364 g/mol. The van der Waals surface area contributed by atoms with Crippen LogP contribution in [0.1, 0.15) is 24.1 Å². The van der Waals surface area contributed by atoms with Crippen molar-refractivity contribution in [2.75, 3.05) is 6.54 Å². The van der Waals surface area contributed by atoms with Crippen molar-refractivity contribution in [2.24, 2.45) is 0 Å². The van der Waals surface area contributed by atoms with Crippen LogP contribution in [0, 0.1) is 6.92 Å². The van der Waals surface area contributed by atoms with Crippen molar-refractivity contribution in [2.45, 2.75) is 32.4 Å². The first-order valence-corrected chi connectivity index (χ1v) is 8.12. The number of halogens is 1. The van der Waals surface area contributed by atoms with Crippen LogP contribution in [0.25, 0.3) is 5.69 Å². The molecule has 0 aliphatic carbocycles. The maximum absolute atomic E-state index is 11.3. The molecule has 1 fully saturated rings. The van der Waals surface area contributed by atoms with Crippen molar-refractivity contribution < 1.29 is 9.90 Å². The summed E-state index contributed by atoms with van der Waals surface area (Å²) in [5, 5.41) is 13.8. The zero-order valence-electron chi connectivity index (χ0n) is 12.4. The molecular formula is C16H18BrN3O2. The van der Waals surface area contributed by atoms with E-state index in [1.807, 2.05) is 47.0 Å². The topological polar surface area (TPSA) is 58.4 Å². The Morgan fingerprint density at radius 3 is 2.82 bits per heavy atom. The van der Waals surface area contributed by atoms with E-state index in [1.54, 1.807) is 0 Å². The van der Waals surface area contributed by atoms with Crippen LogP contribution in [-0.2, 0) is 11.3 Å². The third kappa shape index (κ3) is 3.08. The van der Waals surface area contributed by atoms with E-state index < -0.39 is 5.97 Å². The molecule has 1 aliphatic rings. The Morgan fingerprint density at radius 2 is 2.14 bits per heavy atom. The molecule has 116 valence electrons. The van der Waals surface area contributed by atoms with E-state index in [-0.39, 0.29) is 6.04 Å². The average Bonchev–Trinajstić information content (AvgIpc) is 3.08.